The highest BCUT2D eigenvalue weighted by molar-refractivity contribution is 6.05. The van der Waals surface area contributed by atoms with Gasteiger partial charge in [0.15, 0.2) is 5.76 Å². The summed E-state index contributed by atoms with van der Waals surface area (Å²) >= 11 is 0. The van der Waals surface area contributed by atoms with Crippen LogP contribution < -0.4 is 10.2 Å². The molecule has 2 amide bonds. The van der Waals surface area contributed by atoms with E-state index in [4.69, 9.17) is 4.42 Å². The van der Waals surface area contributed by atoms with Gasteiger partial charge in [-0.3, -0.25) is 19.8 Å². The molecule has 2 aromatic heterocycles. The standard InChI is InChI=1S/C30H33N5O3/c1-20(2)29(36)33-30(37)28-17-23-16-24(7-9-27(23)38-28)35-13-11-34(12-14-35)10-4-3-5-22-19-32-26-8-6-21(18-31)15-25(22)26/h6-9,15-17,19-20,32H,3-5,10-14H2,1-2H3,(H,33,36,37). The van der Waals surface area contributed by atoms with E-state index < -0.39 is 5.91 Å². The minimum atomic E-state index is -0.508. The molecule has 0 saturated carbocycles. The number of fused-ring (bicyclic) bond motifs is 2. The average Bonchev–Trinajstić information content (AvgIpc) is 3.54. The lowest BCUT2D eigenvalue weighted by Gasteiger charge is -2.36. The van der Waals surface area contributed by atoms with Gasteiger partial charge in [0.25, 0.3) is 5.91 Å². The molecular formula is C30H33N5O3. The Hall–Kier alpha value is -4.09. The second-order valence-corrected chi connectivity index (χ2v) is 10.3. The molecule has 5 rings (SSSR count). The highest BCUT2D eigenvalue weighted by Gasteiger charge is 2.20. The molecule has 3 heterocycles. The predicted octanol–water partition coefficient (Wildman–Crippen LogP) is 4.84. The van der Waals surface area contributed by atoms with E-state index >= 15 is 0 Å². The second kappa shape index (κ2) is 11.1. The van der Waals surface area contributed by atoms with Crippen LogP contribution in [0.5, 0.6) is 0 Å². The first-order valence-electron chi connectivity index (χ1n) is 13.3. The van der Waals surface area contributed by atoms with E-state index in [1.54, 1.807) is 19.9 Å². The highest BCUT2D eigenvalue weighted by Crippen LogP contribution is 2.26. The summed E-state index contributed by atoms with van der Waals surface area (Å²) in [5, 5.41) is 13.6. The van der Waals surface area contributed by atoms with Crippen LogP contribution in [0.25, 0.3) is 21.9 Å². The Labute approximate surface area is 222 Å². The number of nitriles is 1. The van der Waals surface area contributed by atoms with Gasteiger partial charge in [-0.25, -0.2) is 0 Å². The Balaban J connectivity index is 1.10. The van der Waals surface area contributed by atoms with Gasteiger partial charge in [0.05, 0.1) is 11.6 Å². The van der Waals surface area contributed by atoms with E-state index in [0.29, 0.717) is 11.1 Å². The zero-order chi connectivity index (χ0) is 26.6. The molecule has 196 valence electrons. The van der Waals surface area contributed by atoms with Crippen LogP contribution in [-0.2, 0) is 11.2 Å². The summed E-state index contributed by atoms with van der Waals surface area (Å²) in [5.41, 5.74) is 4.81. The van der Waals surface area contributed by atoms with Crippen molar-refractivity contribution in [3.63, 3.8) is 0 Å². The summed E-state index contributed by atoms with van der Waals surface area (Å²) in [6, 6.07) is 15.7. The summed E-state index contributed by atoms with van der Waals surface area (Å²) in [6.07, 6.45) is 5.32. The number of H-pyrrole nitrogens is 1. The summed E-state index contributed by atoms with van der Waals surface area (Å²) < 4.78 is 5.68. The van der Waals surface area contributed by atoms with Crippen LogP contribution in [0.1, 0.15) is 48.4 Å². The minimum absolute atomic E-state index is 0.147. The number of amides is 2. The van der Waals surface area contributed by atoms with Crippen LogP contribution in [0.4, 0.5) is 5.69 Å². The highest BCUT2D eigenvalue weighted by atomic mass is 16.3. The SMILES string of the molecule is CC(C)C(=O)NC(=O)c1cc2cc(N3CCN(CCCCc4c[nH]c5ccc(C#N)cc45)CC3)ccc2o1. The number of hydrogen-bond acceptors (Lipinski definition) is 6. The van der Waals surface area contributed by atoms with Crippen LogP contribution >= 0.6 is 0 Å². The quantitative estimate of drug-likeness (QED) is 0.328. The number of nitrogens with zero attached hydrogens (tertiary/aromatic N) is 3. The molecule has 1 aliphatic heterocycles. The number of rotatable bonds is 8. The molecule has 0 radical (unpaired) electrons. The maximum atomic E-state index is 12.4. The first-order chi connectivity index (χ1) is 18.4. The van der Waals surface area contributed by atoms with Crippen molar-refractivity contribution in [3.05, 3.63) is 65.5 Å². The minimum Gasteiger partial charge on any atom is -0.451 e. The maximum Gasteiger partial charge on any atom is 0.293 e. The van der Waals surface area contributed by atoms with Crippen LogP contribution in [-0.4, -0.2) is 54.4 Å². The third-order valence-corrected chi connectivity index (χ3v) is 7.29. The summed E-state index contributed by atoms with van der Waals surface area (Å²) in [4.78, 5) is 32.4. The number of anilines is 1. The first-order valence-corrected chi connectivity index (χ1v) is 13.3. The summed E-state index contributed by atoms with van der Waals surface area (Å²) in [6.45, 7) is 8.46. The summed E-state index contributed by atoms with van der Waals surface area (Å²) in [7, 11) is 0. The van der Waals surface area contributed by atoms with E-state index in [1.165, 1.54) is 5.56 Å². The van der Waals surface area contributed by atoms with Gasteiger partial charge < -0.3 is 14.3 Å². The van der Waals surface area contributed by atoms with Crippen molar-refractivity contribution in [2.24, 2.45) is 5.92 Å². The third-order valence-electron chi connectivity index (χ3n) is 7.29. The van der Waals surface area contributed by atoms with Gasteiger partial charge in [-0.2, -0.15) is 5.26 Å². The van der Waals surface area contributed by atoms with Crippen molar-refractivity contribution in [1.82, 2.24) is 15.2 Å². The van der Waals surface area contributed by atoms with E-state index in [2.05, 4.69) is 38.4 Å². The number of imide groups is 1. The Morgan fingerprint density at radius 2 is 1.89 bits per heavy atom. The smallest absolute Gasteiger partial charge is 0.293 e. The van der Waals surface area contributed by atoms with Gasteiger partial charge in [0.2, 0.25) is 5.91 Å². The van der Waals surface area contributed by atoms with Gasteiger partial charge in [-0.05, 0) is 73.8 Å². The van der Waals surface area contributed by atoms with Crippen molar-refractivity contribution in [3.8, 4) is 6.07 Å². The molecule has 1 saturated heterocycles. The molecule has 4 aromatic rings. The molecule has 0 aliphatic carbocycles. The Morgan fingerprint density at radius 1 is 1.08 bits per heavy atom. The fourth-order valence-electron chi connectivity index (χ4n) is 4.99. The van der Waals surface area contributed by atoms with Gasteiger partial charge >= 0.3 is 0 Å². The Kier molecular flexibility index (Phi) is 7.47. The zero-order valence-corrected chi connectivity index (χ0v) is 21.9. The molecule has 0 atom stereocenters. The van der Waals surface area contributed by atoms with Gasteiger partial charge in [0.1, 0.15) is 5.58 Å². The largest absolute Gasteiger partial charge is 0.451 e. The number of aromatic nitrogens is 1. The molecule has 2 aromatic carbocycles. The van der Waals surface area contributed by atoms with E-state index in [9.17, 15) is 14.9 Å². The molecule has 0 unspecified atom stereocenters. The van der Waals surface area contributed by atoms with Crippen LogP contribution in [0.2, 0.25) is 0 Å². The Bertz CT molecular complexity index is 1500. The fraction of sp³-hybridized carbons (Fsp3) is 0.367. The molecular weight excluding hydrogens is 478 g/mol. The molecule has 0 bridgehead atoms. The number of carbonyl (C=O) groups is 2. The van der Waals surface area contributed by atoms with E-state index in [1.807, 2.05) is 30.3 Å². The molecule has 1 fully saturated rings. The van der Waals surface area contributed by atoms with Crippen molar-refractivity contribution in [2.75, 3.05) is 37.6 Å². The van der Waals surface area contributed by atoms with Crippen LogP contribution in [0.3, 0.4) is 0 Å². The number of carbonyl (C=O) groups excluding carboxylic acids is 2. The van der Waals surface area contributed by atoms with Gasteiger partial charge in [0, 0.05) is 60.3 Å². The molecule has 0 spiro atoms. The lowest BCUT2D eigenvalue weighted by atomic mass is 10.1. The van der Waals surface area contributed by atoms with Gasteiger partial charge in [-0.15, -0.1) is 0 Å². The number of benzene rings is 2. The third kappa shape index (κ3) is 5.58. The number of furan rings is 1. The number of piperazine rings is 1. The maximum absolute atomic E-state index is 12.4. The molecule has 8 nitrogen and oxygen atoms in total. The predicted molar refractivity (Wildman–Crippen MR) is 148 cm³/mol. The monoisotopic (exact) mass is 511 g/mol. The number of aromatic amines is 1. The Morgan fingerprint density at radius 3 is 2.66 bits per heavy atom. The van der Waals surface area contributed by atoms with E-state index in [-0.39, 0.29) is 17.6 Å². The molecule has 2 N–H and O–H groups in total. The first kappa shape index (κ1) is 25.6. The number of hydrogen-bond donors (Lipinski definition) is 2. The average molecular weight is 512 g/mol. The van der Waals surface area contributed by atoms with E-state index in [0.717, 1.165) is 74.0 Å². The van der Waals surface area contributed by atoms with Crippen molar-refractivity contribution in [1.29, 1.82) is 5.26 Å². The molecule has 1 aliphatic rings. The van der Waals surface area contributed by atoms with Crippen LogP contribution in [0.15, 0.2) is 53.1 Å². The lowest BCUT2D eigenvalue weighted by molar-refractivity contribution is -0.123. The van der Waals surface area contributed by atoms with Crippen molar-refractivity contribution in [2.45, 2.75) is 33.1 Å². The summed E-state index contributed by atoms with van der Waals surface area (Å²) in [5.74, 6) is -0.950. The fourth-order valence-corrected chi connectivity index (χ4v) is 4.99. The van der Waals surface area contributed by atoms with Crippen LogP contribution in [0, 0.1) is 17.2 Å². The molecule has 38 heavy (non-hydrogen) atoms. The lowest BCUT2D eigenvalue weighted by Crippen LogP contribution is -2.46. The number of nitrogens with one attached hydrogen (secondary N) is 2. The molecule has 8 heteroatoms. The topological polar surface area (TPSA) is 105 Å². The van der Waals surface area contributed by atoms with Crippen molar-refractivity contribution < 1.29 is 14.0 Å². The number of aryl methyl sites for hydroxylation is 1. The normalized spacial score (nSPS) is 14.3. The number of unbranched alkanes of at least 4 members (excludes halogenated alkanes) is 1. The zero-order valence-electron chi connectivity index (χ0n) is 21.9. The van der Waals surface area contributed by atoms with Gasteiger partial charge in [-0.1, -0.05) is 13.8 Å². The second-order valence-electron chi connectivity index (χ2n) is 10.3. The van der Waals surface area contributed by atoms with Crippen molar-refractivity contribution >= 4 is 39.4 Å².